The Morgan fingerprint density at radius 1 is 1.11 bits per heavy atom. The van der Waals surface area contributed by atoms with E-state index in [0.717, 1.165) is 11.1 Å². The summed E-state index contributed by atoms with van der Waals surface area (Å²) in [7, 11) is 0. The van der Waals surface area contributed by atoms with E-state index in [0.29, 0.717) is 11.1 Å². The van der Waals surface area contributed by atoms with Crippen LogP contribution in [-0.2, 0) is 4.84 Å². The van der Waals surface area contributed by atoms with Gasteiger partial charge in [-0.05, 0) is 18.2 Å². The van der Waals surface area contributed by atoms with Crippen molar-refractivity contribution in [1.82, 2.24) is 9.78 Å². The van der Waals surface area contributed by atoms with Gasteiger partial charge in [-0.15, -0.1) is 0 Å². The summed E-state index contributed by atoms with van der Waals surface area (Å²) in [6.07, 6.45) is 1.86. The van der Waals surface area contributed by atoms with E-state index in [4.69, 9.17) is 5.90 Å². The van der Waals surface area contributed by atoms with Crippen LogP contribution in [0.5, 0.6) is 0 Å². The second-order valence-electron chi connectivity index (χ2n) is 4.06. The Morgan fingerprint density at radius 3 is 2.63 bits per heavy atom. The molecule has 3 aromatic rings. The second kappa shape index (κ2) is 4.55. The van der Waals surface area contributed by atoms with Crippen LogP contribution in [0.2, 0.25) is 0 Å². The molecule has 0 saturated carbocycles. The van der Waals surface area contributed by atoms with Crippen molar-refractivity contribution in [3.8, 4) is 5.69 Å². The van der Waals surface area contributed by atoms with Crippen molar-refractivity contribution in [1.29, 1.82) is 0 Å². The van der Waals surface area contributed by atoms with Crippen LogP contribution in [0.25, 0.3) is 16.6 Å². The van der Waals surface area contributed by atoms with Crippen LogP contribution >= 0.6 is 0 Å². The molecule has 94 valence electrons. The van der Waals surface area contributed by atoms with E-state index in [2.05, 4.69) is 9.94 Å². The summed E-state index contributed by atoms with van der Waals surface area (Å²) in [5.41, 5.74) is 1.85. The number of rotatable bonds is 2. The van der Waals surface area contributed by atoms with Gasteiger partial charge >= 0.3 is 5.97 Å². The minimum atomic E-state index is -0.594. The first-order chi connectivity index (χ1) is 9.29. The van der Waals surface area contributed by atoms with Crippen molar-refractivity contribution >= 4 is 16.9 Å². The molecule has 19 heavy (non-hydrogen) atoms. The lowest BCUT2D eigenvalue weighted by Crippen LogP contribution is -2.10. The Kier molecular flexibility index (Phi) is 2.74. The Bertz CT molecular complexity index is 735. The lowest BCUT2D eigenvalue weighted by molar-refractivity contribution is 0.0505. The average molecular weight is 253 g/mol. The van der Waals surface area contributed by atoms with E-state index in [1.54, 1.807) is 16.8 Å². The minimum absolute atomic E-state index is 0.356. The number of nitrogens with zero attached hydrogens (tertiary/aromatic N) is 2. The van der Waals surface area contributed by atoms with Gasteiger partial charge in [0.25, 0.3) is 0 Å². The first-order valence-electron chi connectivity index (χ1n) is 5.74. The van der Waals surface area contributed by atoms with Crippen molar-refractivity contribution in [2.45, 2.75) is 0 Å². The molecule has 2 aromatic carbocycles. The van der Waals surface area contributed by atoms with Crippen LogP contribution in [0.1, 0.15) is 10.4 Å². The maximum absolute atomic E-state index is 11.6. The number of para-hydroxylation sites is 1. The average Bonchev–Trinajstić information content (AvgIpc) is 2.91. The third-order valence-electron chi connectivity index (χ3n) is 2.88. The smallest absolute Gasteiger partial charge is 0.358 e. The van der Waals surface area contributed by atoms with Gasteiger partial charge in [-0.1, -0.05) is 30.3 Å². The highest BCUT2D eigenvalue weighted by Gasteiger charge is 2.13. The van der Waals surface area contributed by atoms with E-state index >= 15 is 0 Å². The first kappa shape index (κ1) is 11.4. The van der Waals surface area contributed by atoms with Crippen molar-refractivity contribution in [2.24, 2.45) is 5.90 Å². The van der Waals surface area contributed by atoms with Gasteiger partial charge in [-0.3, -0.25) is 0 Å². The van der Waals surface area contributed by atoms with Gasteiger partial charge in [0.2, 0.25) is 0 Å². The first-order valence-corrected chi connectivity index (χ1v) is 5.74. The number of benzene rings is 2. The van der Waals surface area contributed by atoms with Gasteiger partial charge in [-0.2, -0.15) is 11.0 Å². The number of nitrogens with two attached hydrogens (primary N) is 1. The van der Waals surface area contributed by atoms with Crippen molar-refractivity contribution in [3.63, 3.8) is 0 Å². The molecule has 0 aliphatic carbocycles. The molecule has 0 saturated heterocycles. The molecular formula is C14H11N3O2. The van der Waals surface area contributed by atoms with Crippen molar-refractivity contribution in [2.75, 3.05) is 0 Å². The quantitative estimate of drug-likeness (QED) is 0.710. The van der Waals surface area contributed by atoms with Crippen LogP contribution < -0.4 is 5.90 Å². The highest BCUT2D eigenvalue weighted by Crippen LogP contribution is 2.19. The van der Waals surface area contributed by atoms with Crippen LogP contribution in [-0.4, -0.2) is 15.7 Å². The molecule has 0 amide bonds. The number of carbonyl (C=O) groups excluding carboxylic acids is 1. The fraction of sp³-hybridized carbons (Fsp3) is 0. The summed E-state index contributed by atoms with van der Waals surface area (Å²) in [5, 5.41) is 5.27. The molecule has 0 unspecified atom stereocenters. The summed E-state index contributed by atoms with van der Waals surface area (Å²) in [6.45, 7) is 0. The SMILES string of the molecule is NOC(=O)c1cccc2cn(-c3ccccc3)nc12. The predicted molar refractivity (Wildman–Crippen MR) is 70.7 cm³/mol. The molecule has 0 aliphatic rings. The van der Waals surface area contributed by atoms with Gasteiger partial charge in [-0.25, -0.2) is 9.48 Å². The topological polar surface area (TPSA) is 70.1 Å². The zero-order chi connectivity index (χ0) is 13.2. The Hall–Kier alpha value is -2.66. The lowest BCUT2D eigenvalue weighted by atomic mass is 10.1. The number of hydrogen-bond acceptors (Lipinski definition) is 4. The molecule has 2 N–H and O–H groups in total. The van der Waals surface area contributed by atoms with E-state index in [1.807, 2.05) is 42.6 Å². The summed E-state index contributed by atoms with van der Waals surface area (Å²) < 4.78 is 1.72. The van der Waals surface area contributed by atoms with E-state index in [9.17, 15) is 4.79 Å². The Balaban J connectivity index is 2.19. The zero-order valence-corrected chi connectivity index (χ0v) is 9.98. The maximum Gasteiger partial charge on any atom is 0.358 e. The Morgan fingerprint density at radius 2 is 1.89 bits per heavy atom. The van der Waals surface area contributed by atoms with Crippen molar-refractivity contribution in [3.05, 3.63) is 60.3 Å². The van der Waals surface area contributed by atoms with Crippen molar-refractivity contribution < 1.29 is 9.63 Å². The highest BCUT2D eigenvalue weighted by molar-refractivity contribution is 6.02. The van der Waals surface area contributed by atoms with Gasteiger partial charge < -0.3 is 4.84 Å². The molecule has 0 bridgehead atoms. The molecule has 1 heterocycles. The second-order valence-corrected chi connectivity index (χ2v) is 4.06. The molecule has 0 aliphatic heterocycles. The highest BCUT2D eigenvalue weighted by atomic mass is 16.7. The molecule has 0 spiro atoms. The number of hydrogen-bond donors (Lipinski definition) is 1. The van der Waals surface area contributed by atoms with Gasteiger partial charge in [0, 0.05) is 11.6 Å². The molecule has 0 atom stereocenters. The largest absolute Gasteiger partial charge is 0.370 e. The van der Waals surface area contributed by atoms with Crippen LogP contribution in [0.4, 0.5) is 0 Å². The van der Waals surface area contributed by atoms with Gasteiger partial charge in [0.1, 0.15) is 5.52 Å². The third kappa shape index (κ3) is 1.96. The summed E-state index contributed by atoms with van der Waals surface area (Å²) >= 11 is 0. The Labute approximate surface area is 109 Å². The summed E-state index contributed by atoms with van der Waals surface area (Å²) in [5.74, 6) is 4.34. The maximum atomic E-state index is 11.6. The van der Waals surface area contributed by atoms with E-state index in [1.165, 1.54) is 0 Å². The lowest BCUT2D eigenvalue weighted by Gasteiger charge is -1.99. The fourth-order valence-corrected chi connectivity index (χ4v) is 1.99. The fourth-order valence-electron chi connectivity index (χ4n) is 1.99. The summed E-state index contributed by atoms with van der Waals surface area (Å²) in [6, 6.07) is 15.0. The predicted octanol–water partition coefficient (Wildman–Crippen LogP) is 2.06. The molecule has 0 radical (unpaired) electrons. The van der Waals surface area contributed by atoms with Gasteiger partial charge in [0.15, 0.2) is 0 Å². The molecule has 3 rings (SSSR count). The number of fused-ring (bicyclic) bond motifs is 1. The molecule has 5 heteroatoms. The van der Waals surface area contributed by atoms with E-state index in [-0.39, 0.29) is 0 Å². The molecule has 1 aromatic heterocycles. The molecule has 0 fully saturated rings. The third-order valence-corrected chi connectivity index (χ3v) is 2.88. The van der Waals surface area contributed by atoms with Crippen LogP contribution in [0.15, 0.2) is 54.7 Å². The number of aromatic nitrogens is 2. The minimum Gasteiger partial charge on any atom is -0.370 e. The van der Waals surface area contributed by atoms with Crippen LogP contribution in [0.3, 0.4) is 0 Å². The van der Waals surface area contributed by atoms with E-state index < -0.39 is 5.97 Å². The normalized spacial score (nSPS) is 10.6. The van der Waals surface area contributed by atoms with Gasteiger partial charge in [0.05, 0.1) is 11.3 Å². The number of carbonyl (C=O) groups is 1. The monoisotopic (exact) mass is 253 g/mol. The zero-order valence-electron chi connectivity index (χ0n) is 9.98. The molecular weight excluding hydrogens is 242 g/mol. The summed E-state index contributed by atoms with van der Waals surface area (Å²) in [4.78, 5) is 15.8. The van der Waals surface area contributed by atoms with Crippen LogP contribution in [0, 0.1) is 0 Å². The molecule has 5 nitrogen and oxygen atoms in total. The standard InChI is InChI=1S/C14H11N3O2/c15-19-14(18)12-8-4-5-10-9-17(16-13(10)12)11-6-2-1-3-7-11/h1-9H,15H2.